The van der Waals surface area contributed by atoms with Gasteiger partial charge in [0.25, 0.3) is 0 Å². The molecular weight excluding hydrogens is 301 g/mol. The van der Waals surface area contributed by atoms with E-state index in [9.17, 15) is 15.2 Å². The minimum Gasteiger partial charge on any atom is -0.507 e. The summed E-state index contributed by atoms with van der Waals surface area (Å²) < 4.78 is 0. The SMILES string of the molecule is OB(O)c1cccc(N=C(c2ccccc2)c2ccccc2O)c1. The Morgan fingerprint density at radius 3 is 2.21 bits per heavy atom. The van der Waals surface area contributed by atoms with Crippen LogP contribution in [0.3, 0.4) is 0 Å². The summed E-state index contributed by atoms with van der Waals surface area (Å²) in [6.07, 6.45) is 0. The maximum Gasteiger partial charge on any atom is 0.488 e. The Hall–Kier alpha value is -2.89. The average Bonchev–Trinajstić information content (AvgIpc) is 2.61. The zero-order valence-electron chi connectivity index (χ0n) is 12.9. The maximum absolute atomic E-state index is 10.2. The molecule has 5 heteroatoms. The monoisotopic (exact) mass is 317 g/mol. The van der Waals surface area contributed by atoms with Crippen LogP contribution >= 0.6 is 0 Å². The normalized spacial score (nSPS) is 11.3. The van der Waals surface area contributed by atoms with Crippen LogP contribution < -0.4 is 5.46 Å². The Kier molecular flexibility index (Phi) is 4.75. The number of aromatic hydroxyl groups is 1. The molecule has 0 aliphatic rings. The topological polar surface area (TPSA) is 73.0 Å². The molecule has 4 nitrogen and oxygen atoms in total. The average molecular weight is 317 g/mol. The molecule has 0 unspecified atom stereocenters. The number of phenolic OH excluding ortho intramolecular Hbond substituents is 1. The van der Waals surface area contributed by atoms with Crippen LogP contribution in [0.5, 0.6) is 5.75 Å². The molecule has 0 spiro atoms. The van der Waals surface area contributed by atoms with Crippen LogP contribution in [0.25, 0.3) is 0 Å². The molecule has 0 amide bonds. The Bertz CT molecular complexity index is 863. The molecular formula is C19H16BNO3. The van der Waals surface area contributed by atoms with E-state index in [1.165, 1.54) is 0 Å². The number of aliphatic imine (C=N–C) groups is 1. The summed E-state index contributed by atoms with van der Waals surface area (Å²) in [6, 6.07) is 23.2. The van der Waals surface area contributed by atoms with Crippen LogP contribution in [0.1, 0.15) is 11.1 Å². The van der Waals surface area contributed by atoms with Crippen LogP contribution in [-0.4, -0.2) is 28.0 Å². The first kappa shape index (κ1) is 16.0. The van der Waals surface area contributed by atoms with Gasteiger partial charge in [0.05, 0.1) is 11.4 Å². The smallest absolute Gasteiger partial charge is 0.488 e. The minimum atomic E-state index is -1.55. The van der Waals surface area contributed by atoms with Gasteiger partial charge in [0, 0.05) is 11.1 Å². The fraction of sp³-hybridized carbons (Fsp3) is 0. The number of benzene rings is 3. The van der Waals surface area contributed by atoms with Crippen molar-refractivity contribution in [1.82, 2.24) is 0 Å². The van der Waals surface area contributed by atoms with E-state index >= 15 is 0 Å². The number of nitrogens with zero attached hydrogens (tertiary/aromatic N) is 1. The number of hydrogen-bond donors (Lipinski definition) is 3. The van der Waals surface area contributed by atoms with Crippen LogP contribution in [0.15, 0.2) is 83.9 Å². The van der Waals surface area contributed by atoms with Crippen molar-refractivity contribution in [3.63, 3.8) is 0 Å². The second-order valence-electron chi connectivity index (χ2n) is 5.31. The van der Waals surface area contributed by atoms with E-state index in [4.69, 9.17) is 0 Å². The second kappa shape index (κ2) is 7.13. The van der Waals surface area contributed by atoms with Crippen LogP contribution in [0, 0.1) is 0 Å². The van der Waals surface area contributed by atoms with E-state index in [-0.39, 0.29) is 5.75 Å². The molecule has 0 saturated carbocycles. The molecule has 0 heterocycles. The van der Waals surface area contributed by atoms with E-state index < -0.39 is 7.12 Å². The third-order valence-corrected chi connectivity index (χ3v) is 3.62. The van der Waals surface area contributed by atoms with Crippen LogP contribution in [0.4, 0.5) is 5.69 Å². The van der Waals surface area contributed by atoms with Crippen molar-refractivity contribution in [2.24, 2.45) is 4.99 Å². The molecule has 3 aromatic rings. The fourth-order valence-corrected chi connectivity index (χ4v) is 2.43. The molecule has 0 aliphatic heterocycles. The van der Waals surface area contributed by atoms with Gasteiger partial charge in [-0.05, 0) is 29.7 Å². The quantitative estimate of drug-likeness (QED) is 0.510. The van der Waals surface area contributed by atoms with Gasteiger partial charge in [-0.3, -0.25) is 0 Å². The van der Waals surface area contributed by atoms with E-state index in [2.05, 4.69) is 4.99 Å². The van der Waals surface area contributed by atoms with Crippen molar-refractivity contribution in [2.45, 2.75) is 0 Å². The summed E-state index contributed by atoms with van der Waals surface area (Å²) in [5, 5.41) is 28.9. The van der Waals surface area contributed by atoms with Gasteiger partial charge in [-0.2, -0.15) is 0 Å². The Morgan fingerprint density at radius 1 is 0.792 bits per heavy atom. The molecule has 3 rings (SSSR count). The van der Waals surface area contributed by atoms with Gasteiger partial charge in [0.1, 0.15) is 5.75 Å². The predicted octanol–water partition coefficient (Wildman–Crippen LogP) is 2.24. The molecule has 0 aromatic heterocycles. The van der Waals surface area contributed by atoms with Crippen molar-refractivity contribution in [3.05, 3.63) is 90.0 Å². The number of hydrogen-bond acceptors (Lipinski definition) is 4. The molecule has 118 valence electrons. The maximum atomic E-state index is 10.2. The number of phenols is 1. The Morgan fingerprint density at radius 2 is 1.50 bits per heavy atom. The van der Waals surface area contributed by atoms with Gasteiger partial charge in [-0.1, -0.05) is 54.6 Å². The molecule has 24 heavy (non-hydrogen) atoms. The molecule has 0 atom stereocenters. The van der Waals surface area contributed by atoms with Crippen molar-refractivity contribution in [2.75, 3.05) is 0 Å². The zero-order chi connectivity index (χ0) is 16.9. The van der Waals surface area contributed by atoms with Crippen LogP contribution in [0.2, 0.25) is 0 Å². The van der Waals surface area contributed by atoms with Gasteiger partial charge >= 0.3 is 7.12 Å². The number of para-hydroxylation sites is 1. The summed E-state index contributed by atoms with van der Waals surface area (Å²) in [4.78, 5) is 4.64. The number of rotatable bonds is 4. The summed E-state index contributed by atoms with van der Waals surface area (Å²) in [5.74, 6) is 0.137. The standard InChI is InChI=1S/C19H16BNO3/c22-18-12-5-4-11-17(18)19(14-7-2-1-3-8-14)21-16-10-6-9-15(13-16)20(23)24/h1-13,22-24H. The summed E-state index contributed by atoms with van der Waals surface area (Å²) in [7, 11) is -1.55. The first-order valence-corrected chi connectivity index (χ1v) is 7.54. The summed E-state index contributed by atoms with van der Waals surface area (Å²) in [6.45, 7) is 0. The van der Waals surface area contributed by atoms with E-state index in [1.54, 1.807) is 42.5 Å². The highest BCUT2D eigenvalue weighted by molar-refractivity contribution is 6.58. The van der Waals surface area contributed by atoms with E-state index in [0.717, 1.165) is 5.56 Å². The molecule has 0 radical (unpaired) electrons. The lowest BCUT2D eigenvalue weighted by Crippen LogP contribution is -2.29. The molecule has 0 fully saturated rings. The summed E-state index contributed by atoms with van der Waals surface area (Å²) in [5.41, 5.74) is 3.01. The molecule has 0 aliphatic carbocycles. The van der Waals surface area contributed by atoms with Gasteiger partial charge in [0.15, 0.2) is 0 Å². The highest BCUT2D eigenvalue weighted by Gasteiger charge is 2.13. The van der Waals surface area contributed by atoms with E-state index in [1.807, 2.05) is 36.4 Å². The first-order chi connectivity index (χ1) is 11.6. The lowest BCUT2D eigenvalue weighted by atomic mass is 9.80. The Labute approximate surface area is 140 Å². The zero-order valence-corrected chi connectivity index (χ0v) is 12.9. The third-order valence-electron chi connectivity index (χ3n) is 3.62. The highest BCUT2D eigenvalue weighted by Crippen LogP contribution is 2.23. The van der Waals surface area contributed by atoms with Gasteiger partial charge in [0.2, 0.25) is 0 Å². The molecule has 0 bridgehead atoms. The molecule has 0 saturated heterocycles. The van der Waals surface area contributed by atoms with Gasteiger partial charge in [-0.15, -0.1) is 0 Å². The van der Waals surface area contributed by atoms with Crippen molar-refractivity contribution in [1.29, 1.82) is 0 Å². The fourth-order valence-electron chi connectivity index (χ4n) is 2.43. The van der Waals surface area contributed by atoms with Crippen molar-refractivity contribution >= 4 is 24.0 Å². The van der Waals surface area contributed by atoms with Crippen molar-refractivity contribution in [3.8, 4) is 5.75 Å². The third kappa shape index (κ3) is 3.54. The highest BCUT2D eigenvalue weighted by atomic mass is 16.4. The second-order valence-corrected chi connectivity index (χ2v) is 5.31. The molecule has 3 N–H and O–H groups in total. The lowest BCUT2D eigenvalue weighted by Gasteiger charge is -2.10. The van der Waals surface area contributed by atoms with Gasteiger partial charge in [-0.25, -0.2) is 4.99 Å². The predicted molar refractivity (Wildman–Crippen MR) is 96.1 cm³/mol. The largest absolute Gasteiger partial charge is 0.507 e. The summed E-state index contributed by atoms with van der Waals surface area (Å²) >= 11 is 0. The first-order valence-electron chi connectivity index (χ1n) is 7.54. The lowest BCUT2D eigenvalue weighted by molar-refractivity contribution is 0.426. The van der Waals surface area contributed by atoms with Gasteiger partial charge < -0.3 is 15.2 Å². The van der Waals surface area contributed by atoms with Crippen LogP contribution in [-0.2, 0) is 0 Å². The van der Waals surface area contributed by atoms with E-state index in [0.29, 0.717) is 22.4 Å². The molecule has 3 aromatic carbocycles. The van der Waals surface area contributed by atoms with Crippen molar-refractivity contribution < 1.29 is 15.2 Å². The minimum absolute atomic E-state index is 0.137. The Balaban J connectivity index is 2.15.